The number of pyridine rings is 1. The molecule has 4 aromatic rings. The van der Waals surface area contributed by atoms with Crippen LogP contribution in [0, 0.1) is 6.92 Å². The summed E-state index contributed by atoms with van der Waals surface area (Å²) in [6.45, 7) is 7.92. The molecule has 2 aromatic heterocycles. The molecule has 0 atom stereocenters. The molecule has 7 nitrogen and oxygen atoms in total. The van der Waals surface area contributed by atoms with E-state index in [2.05, 4.69) is 39.4 Å². The van der Waals surface area contributed by atoms with Gasteiger partial charge in [0.1, 0.15) is 5.82 Å². The van der Waals surface area contributed by atoms with Crippen LogP contribution >= 0.6 is 0 Å². The van der Waals surface area contributed by atoms with Crippen LogP contribution in [0.5, 0.6) is 0 Å². The number of rotatable bonds is 7. The third kappa shape index (κ3) is 5.27. The Morgan fingerprint density at radius 3 is 2.64 bits per heavy atom. The van der Waals surface area contributed by atoms with Crippen LogP contribution in [0.25, 0.3) is 23.0 Å². The van der Waals surface area contributed by atoms with Crippen molar-refractivity contribution in [2.24, 2.45) is 0 Å². The Morgan fingerprint density at radius 2 is 1.88 bits per heavy atom. The molecule has 0 fully saturated rings. The van der Waals surface area contributed by atoms with Crippen LogP contribution in [0.2, 0.25) is 0 Å². The van der Waals surface area contributed by atoms with E-state index in [0.29, 0.717) is 18.1 Å². The molecule has 0 aliphatic carbocycles. The van der Waals surface area contributed by atoms with Crippen molar-refractivity contribution in [1.82, 2.24) is 14.8 Å². The number of amides is 1. The monoisotopic (exact) mass is 439 g/mol. The van der Waals surface area contributed by atoms with Crippen molar-refractivity contribution in [3.63, 3.8) is 0 Å². The van der Waals surface area contributed by atoms with E-state index in [4.69, 9.17) is 4.74 Å². The molecule has 0 saturated carbocycles. The summed E-state index contributed by atoms with van der Waals surface area (Å²) >= 11 is 0. The topological polar surface area (TPSA) is 81.1 Å². The van der Waals surface area contributed by atoms with E-state index in [1.807, 2.05) is 60.1 Å². The van der Waals surface area contributed by atoms with Gasteiger partial charge in [0.2, 0.25) is 0 Å². The van der Waals surface area contributed by atoms with Gasteiger partial charge in [0, 0.05) is 23.1 Å². The van der Waals surface area contributed by atoms with Crippen LogP contribution in [-0.2, 0) is 4.74 Å². The average molecular weight is 440 g/mol. The molecule has 1 amide bonds. The molecule has 0 saturated heterocycles. The zero-order valence-electron chi connectivity index (χ0n) is 18.6. The highest BCUT2D eigenvalue weighted by atomic mass is 16.5. The minimum atomic E-state index is -0.474. The Hall–Kier alpha value is -4.39. The number of hydrogen-bond donors (Lipinski definition) is 2. The predicted molar refractivity (Wildman–Crippen MR) is 132 cm³/mol. The molecule has 166 valence electrons. The lowest BCUT2D eigenvalue weighted by Gasteiger charge is -2.11. The highest BCUT2D eigenvalue weighted by molar-refractivity contribution is 5.85. The highest BCUT2D eigenvalue weighted by Gasteiger charge is 2.11. The van der Waals surface area contributed by atoms with Gasteiger partial charge in [0.25, 0.3) is 0 Å². The summed E-state index contributed by atoms with van der Waals surface area (Å²) in [4.78, 5) is 16.0. The van der Waals surface area contributed by atoms with E-state index in [-0.39, 0.29) is 0 Å². The first-order valence-electron chi connectivity index (χ1n) is 10.6. The first-order chi connectivity index (χ1) is 16.1. The molecule has 0 aliphatic heterocycles. The second kappa shape index (κ2) is 9.82. The standard InChI is InChI=1S/C26H25N5O2/c1-4-19-7-6-8-23(16-19)31-24(15-18(3)30-31)20-13-14-27-25(17-20)28-21-9-11-22(12-10-21)29-26(32)33-5-2/h4,6-17H,1,5H2,2-3H3,(H,27,28)(H,29,32). The van der Waals surface area contributed by atoms with E-state index in [9.17, 15) is 4.79 Å². The summed E-state index contributed by atoms with van der Waals surface area (Å²) in [6.07, 6.45) is 3.11. The summed E-state index contributed by atoms with van der Waals surface area (Å²) in [5, 5.41) is 10.7. The quantitative estimate of drug-likeness (QED) is 0.358. The molecule has 33 heavy (non-hydrogen) atoms. The minimum absolute atomic E-state index is 0.325. The molecule has 2 heterocycles. The van der Waals surface area contributed by atoms with Crippen molar-refractivity contribution in [2.75, 3.05) is 17.2 Å². The first-order valence-corrected chi connectivity index (χ1v) is 10.6. The Morgan fingerprint density at radius 1 is 1.09 bits per heavy atom. The number of aryl methyl sites for hydroxylation is 1. The SMILES string of the molecule is C=Cc1cccc(-n2nc(C)cc2-c2ccnc(Nc3ccc(NC(=O)OCC)cc3)c2)c1. The van der Waals surface area contributed by atoms with Gasteiger partial charge in [-0.2, -0.15) is 5.10 Å². The summed E-state index contributed by atoms with van der Waals surface area (Å²) in [7, 11) is 0. The molecule has 0 radical (unpaired) electrons. The second-order valence-electron chi connectivity index (χ2n) is 7.36. The minimum Gasteiger partial charge on any atom is -0.450 e. The van der Waals surface area contributed by atoms with Gasteiger partial charge >= 0.3 is 6.09 Å². The Balaban J connectivity index is 1.57. The maximum atomic E-state index is 11.6. The fourth-order valence-corrected chi connectivity index (χ4v) is 3.41. The van der Waals surface area contributed by atoms with E-state index >= 15 is 0 Å². The van der Waals surface area contributed by atoms with Crippen LogP contribution in [0.15, 0.2) is 79.5 Å². The Kier molecular flexibility index (Phi) is 6.50. The van der Waals surface area contributed by atoms with Gasteiger partial charge < -0.3 is 10.1 Å². The van der Waals surface area contributed by atoms with Gasteiger partial charge in [-0.25, -0.2) is 14.5 Å². The van der Waals surface area contributed by atoms with E-state index in [0.717, 1.165) is 33.9 Å². The number of ether oxygens (including phenoxy) is 1. The maximum absolute atomic E-state index is 11.6. The molecule has 7 heteroatoms. The number of nitrogens with zero attached hydrogens (tertiary/aromatic N) is 3. The lowest BCUT2D eigenvalue weighted by atomic mass is 10.1. The summed E-state index contributed by atoms with van der Waals surface area (Å²) in [5.74, 6) is 0.698. The maximum Gasteiger partial charge on any atom is 0.411 e. The third-order valence-corrected chi connectivity index (χ3v) is 4.92. The highest BCUT2D eigenvalue weighted by Crippen LogP contribution is 2.27. The molecule has 2 aromatic carbocycles. The van der Waals surface area contributed by atoms with E-state index < -0.39 is 6.09 Å². The van der Waals surface area contributed by atoms with Crippen molar-refractivity contribution in [1.29, 1.82) is 0 Å². The number of benzene rings is 2. The van der Waals surface area contributed by atoms with Gasteiger partial charge in [0.15, 0.2) is 0 Å². The Labute approximate surface area is 192 Å². The Bertz CT molecular complexity index is 1280. The molecule has 0 bridgehead atoms. The number of hydrogen-bond acceptors (Lipinski definition) is 5. The molecular weight excluding hydrogens is 414 g/mol. The fourth-order valence-electron chi connectivity index (χ4n) is 3.41. The van der Waals surface area contributed by atoms with Crippen LogP contribution in [0.3, 0.4) is 0 Å². The van der Waals surface area contributed by atoms with Gasteiger partial charge in [0.05, 0.1) is 23.7 Å². The zero-order valence-corrected chi connectivity index (χ0v) is 18.6. The normalized spacial score (nSPS) is 10.5. The number of anilines is 3. The molecular formula is C26H25N5O2. The molecule has 0 spiro atoms. The van der Waals surface area contributed by atoms with Crippen molar-refractivity contribution in [3.05, 3.63) is 90.8 Å². The van der Waals surface area contributed by atoms with Crippen molar-refractivity contribution in [2.45, 2.75) is 13.8 Å². The average Bonchev–Trinajstić information content (AvgIpc) is 3.22. The molecule has 0 aliphatic rings. The smallest absolute Gasteiger partial charge is 0.411 e. The second-order valence-corrected chi connectivity index (χ2v) is 7.36. The molecule has 0 unspecified atom stereocenters. The van der Waals surface area contributed by atoms with Crippen LogP contribution in [0.1, 0.15) is 18.2 Å². The number of carbonyl (C=O) groups is 1. The molecule has 2 N–H and O–H groups in total. The van der Waals surface area contributed by atoms with Crippen LogP contribution in [-0.4, -0.2) is 27.5 Å². The van der Waals surface area contributed by atoms with E-state index in [1.165, 1.54) is 0 Å². The van der Waals surface area contributed by atoms with Gasteiger partial charge in [-0.15, -0.1) is 0 Å². The number of aromatic nitrogens is 3. The fraction of sp³-hybridized carbons (Fsp3) is 0.115. The number of carbonyl (C=O) groups excluding carboxylic acids is 1. The molecule has 4 rings (SSSR count). The van der Waals surface area contributed by atoms with Crippen molar-refractivity contribution in [3.8, 4) is 16.9 Å². The third-order valence-electron chi connectivity index (χ3n) is 4.92. The largest absolute Gasteiger partial charge is 0.450 e. The van der Waals surface area contributed by atoms with Crippen LogP contribution in [0.4, 0.5) is 22.0 Å². The zero-order chi connectivity index (χ0) is 23.2. The van der Waals surface area contributed by atoms with Crippen LogP contribution < -0.4 is 10.6 Å². The van der Waals surface area contributed by atoms with Crippen molar-refractivity contribution >= 4 is 29.4 Å². The summed E-state index contributed by atoms with van der Waals surface area (Å²) in [6, 6.07) is 21.4. The van der Waals surface area contributed by atoms with Gasteiger partial charge in [-0.05, 0) is 74.0 Å². The first kappa shape index (κ1) is 21.8. The van der Waals surface area contributed by atoms with Gasteiger partial charge in [-0.1, -0.05) is 24.8 Å². The lowest BCUT2D eigenvalue weighted by molar-refractivity contribution is 0.168. The summed E-state index contributed by atoms with van der Waals surface area (Å²) < 4.78 is 6.82. The predicted octanol–water partition coefficient (Wildman–Crippen LogP) is 6.20. The van der Waals surface area contributed by atoms with E-state index in [1.54, 1.807) is 25.3 Å². The van der Waals surface area contributed by atoms with Crippen molar-refractivity contribution < 1.29 is 9.53 Å². The summed E-state index contributed by atoms with van der Waals surface area (Å²) in [5.41, 5.74) is 6.37. The lowest BCUT2D eigenvalue weighted by Crippen LogP contribution is -2.13. The number of nitrogens with one attached hydrogen (secondary N) is 2. The van der Waals surface area contributed by atoms with Gasteiger partial charge in [-0.3, -0.25) is 5.32 Å².